The van der Waals surface area contributed by atoms with Gasteiger partial charge in [0.1, 0.15) is 6.33 Å². The number of amides is 1. The summed E-state index contributed by atoms with van der Waals surface area (Å²) in [6, 6.07) is 5.96. The molecule has 0 fully saturated rings. The summed E-state index contributed by atoms with van der Waals surface area (Å²) in [5, 5.41) is 13.3. The van der Waals surface area contributed by atoms with E-state index in [1.54, 1.807) is 30.6 Å². The number of hydrogen-bond donors (Lipinski definition) is 1. The average Bonchev–Trinajstić information content (AvgIpc) is 2.54. The first-order valence-electron chi connectivity index (χ1n) is 6.59. The number of carbonyl (C=O) groups excluding carboxylic acids is 1. The van der Waals surface area contributed by atoms with Crippen LogP contribution in [0, 0.1) is 10.1 Å². The van der Waals surface area contributed by atoms with Gasteiger partial charge in [0.05, 0.1) is 4.92 Å². The summed E-state index contributed by atoms with van der Waals surface area (Å²) in [6.45, 7) is 0.483. The highest BCUT2D eigenvalue weighted by Crippen LogP contribution is 2.12. The molecule has 0 radical (unpaired) electrons. The lowest BCUT2D eigenvalue weighted by molar-refractivity contribution is -0.384. The first-order chi connectivity index (χ1) is 10.6. The summed E-state index contributed by atoms with van der Waals surface area (Å²) >= 11 is 0. The second kappa shape index (κ2) is 7.63. The molecule has 0 aliphatic heterocycles. The fourth-order valence-electron chi connectivity index (χ4n) is 1.73. The van der Waals surface area contributed by atoms with E-state index in [0.717, 1.165) is 11.1 Å². The maximum absolute atomic E-state index is 11.6. The number of hydrogen-bond acceptors (Lipinski definition) is 5. The van der Waals surface area contributed by atoms with E-state index in [2.05, 4.69) is 15.3 Å². The van der Waals surface area contributed by atoms with E-state index in [9.17, 15) is 14.9 Å². The average molecular weight is 298 g/mol. The van der Waals surface area contributed by atoms with Crippen molar-refractivity contribution in [1.29, 1.82) is 0 Å². The zero-order valence-electron chi connectivity index (χ0n) is 11.7. The highest BCUT2D eigenvalue weighted by atomic mass is 16.6. The van der Waals surface area contributed by atoms with Gasteiger partial charge in [-0.15, -0.1) is 0 Å². The fraction of sp³-hybridized carbons (Fsp3) is 0.133. The third-order valence-electron chi connectivity index (χ3n) is 2.86. The Hall–Kier alpha value is -3.09. The number of benzene rings is 1. The van der Waals surface area contributed by atoms with Gasteiger partial charge in [0, 0.05) is 37.1 Å². The van der Waals surface area contributed by atoms with E-state index in [0.29, 0.717) is 13.0 Å². The smallest absolute Gasteiger partial charge is 0.269 e. The second-order valence-electron chi connectivity index (χ2n) is 4.47. The first-order valence-corrected chi connectivity index (χ1v) is 6.59. The molecule has 7 heteroatoms. The number of nitrogens with one attached hydrogen (secondary N) is 1. The minimum Gasteiger partial charge on any atom is -0.352 e. The van der Waals surface area contributed by atoms with Gasteiger partial charge in [0.2, 0.25) is 5.91 Å². The molecule has 0 bridgehead atoms. The molecule has 112 valence electrons. The van der Waals surface area contributed by atoms with Crippen LogP contribution in [0.3, 0.4) is 0 Å². The van der Waals surface area contributed by atoms with Gasteiger partial charge in [-0.3, -0.25) is 14.9 Å². The number of nitrogens with zero attached hydrogens (tertiary/aromatic N) is 3. The Morgan fingerprint density at radius 3 is 2.55 bits per heavy atom. The molecule has 0 unspecified atom stereocenters. The molecular formula is C15H14N4O3. The molecule has 1 amide bonds. The zero-order chi connectivity index (χ0) is 15.8. The number of rotatable bonds is 6. The lowest BCUT2D eigenvalue weighted by Crippen LogP contribution is -2.23. The number of non-ortho nitro benzene ring substituents is 1. The van der Waals surface area contributed by atoms with Gasteiger partial charge in [0.25, 0.3) is 5.69 Å². The van der Waals surface area contributed by atoms with Crippen molar-refractivity contribution in [3.63, 3.8) is 0 Å². The topological polar surface area (TPSA) is 98.0 Å². The quantitative estimate of drug-likeness (QED) is 0.498. The molecule has 22 heavy (non-hydrogen) atoms. The lowest BCUT2D eigenvalue weighted by Gasteiger charge is -2.01. The molecule has 1 aromatic carbocycles. The highest BCUT2D eigenvalue weighted by Gasteiger charge is 2.02. The molecule has 2 aromatic rings. The molecule has 0 aliphatic carbocycles. The van der Waals surface area contributed by atoms with Crippen LogP contribution in [0.25, 0.3) is 6.08 Å². The van der Waals surface area contributed by atoms with Crippen molar-refractivity contribution < 1.29 is 9.72 Å². The minimum atomic E-state index is -0.465. The largest absolute Gasteiger partial charge is 0.352 e. The number of carbonyl (C=O) groups is 1. The van der Waals surface area contributed by atoms with Crippen LogP contribution in [0.2, 0.25) is 0 Å². The Morgan fingerprint density at radius 1 is 1.23 bits per heavy atom. The van der Waals surface area contributed by atoms with Gasteiger partial charge in [-0.1, -0.05) is 0 Å². The molecule has 0 saturated heterocycles. The third kappa shape index (κ3) is 4.78. The van der Waals surface area contributed by atoms with Crippen molar-refractivity contribution in [1.82, 2.24) is 15.3 Å². The van der Waals surface area contributed by atoms with Crippen molar-refractivity contribution in [3.8, 4) is 0 Å². The Morgan fingerprint density at radius 2 is 1.91 bits per heavy atom. The van der Waals surface area contributed by atoms with Gasteiger partial charge in [-0.2, -0.15) is 0 Å². The Bertz CT molecular complexity index is 669. The van der Waals surface area contributed by atoms with E-state index in [-0.39, 0.29) is 11.6 Å². The van der Waals surface area contributed by atoms with Crippen LogP contribution in [-0.4, -0.2) is 27.3 Å². The fourth-order valence-corrected chi connectivity index (χ4v) is 1.73. The summed E-state index contributed by atoms with van der Waals surface area (Å²) < 4.78 is 0. The van der Waals surface area contributed by atoms with Gasteiger partial charge in [-0.05, 0) is 35.8 Å². The maximum Gasteiger partial charge on any atom is 0.269 e. The van der Waals surface area contributed by atoms with Gasteiger partial charge < -0.3 is 5.32 Å². The number of nitro benzene ring substituents is 1. The van der Waals surface area contributed by atoms with Gasteiger partial charge >= 0.3 is 0 Å². The summed E-state index contributed by atoms with van der Waals surface area (Å²) in [4.78, 5) is 29.5. The lowest BCUT2D eigenvalue weighted by atomic mass is 10.2. The SMILES string of the molecule is O=C(C=Cc1ccc([N+](=O)[O-])cc1)NCCc1cncnc1. The molecule has 0 aliphatic rings. The van der Waals surface area contributed by atoms with Gasteiger partial charge in [0.15, 0.2) is 0 Å². The van der Waals surface area contributed by atoms with Crippen molar-refractivity contribution in [2.45, 2.75) is 6.42 Å². The Kier molecular flexibility index (Phi) is 5.31. The van der Waals surface area contributed by atoms with E-state index in [1.807, 2.05) is 0 Å². The number of nitro groups is 1. The molecule has 0 spiro atoms. The summed E-state index contributed by atoms with van der Waals surface area (Å²) in [6.07, 6.45) is 8.50. The normalized spacial score (nSPS) is 10.5. The molecule has 2 rings (SSSR count). The molecular weight excluding hydrogens is 284 g/mol. The maximum atomic E-state index is 11.6. The van der Waals surface area contributed by atoms with Crippen LogP contribution in [-0.2, 0) is 11.2 Å². The van der Waals surface area contributed by atoms with Crippen molar-refractivity contribution in [2.75, 3.05) is 6.54 Å². The minimum absolute atomic E-state index is 0.0201. The van der Waals surface area contributed by atoms with Crippen LogP contribution in [0.5, 0.6) is 0 Å². The van der Waals surface area contributed by atoms with Crippen molar-refractivity contribution in [2.24, 2.45) is 0 Å². The second-order valence-corrected chi connectivity index (χ2v) is 4.47. The third-order valence-corrected chi connectivity index (χ3v) is 2.86. The molecule has 1 heterocycles. The molecule has 0 saturated carbocycles. The van der Waals surface area contributed by atoms with Gasteiger partial charge in [-0.25, -0.2) is 9.97 Å². The Labute approximate surface area is 126 Å². The highest BCUT2D eigenvalue weighted by molar-refractivity contribution is 5.91. The van der Waals surface area contributed by atoms with E-state index in [4.69, 9.17) is 0 Å². The summed E-state index contributed by atoms with van der Waals surface area (Å²) in [7, 11) is 0. The van der Waals surface area contributed by atoms with E-state index >= 15 is 0 Å². The number of aromatic nitrogens is 2. The van der Waals surface area contributed by atoms with Crippen LogP contribution in [0.4, 0.5) is 5.69 Å². The molecule has 1 N–H and O–H groups in total. The van der Waals surface area contributed by atoms with Crippen LogP contribution < -0.4 is 5.32 Å². The van der Waals surface area contributed by atoms with Crippen LogP contribution >= 0.6 is 0 Å². The summed E-state index contributed by atoms with van der Waals surface area (Å²) in [5.41, 5.74) is 1.69. The van der Waals surface area contributed by atoms with Crippen LogP contribution in [0.1, 0.15) is 11.1 Å². The van der Waals surface area contributed by atoms with Crippen molar-refractivity contribution >= 4 is 17.7 Å². The molecule has 7 nitrogen and oxygen atoms in total. The molecule has 0 atom stereocenters. The Balaban J connectivity index is 1.80. The van der Waals surface area contributed by atoms with Crippen LogP contribution in [0.15, 0.2) is 49.1 Å². The molecule has 1 aromatic heterocycles. The standard InChI is InChI=1S/C15H14N4O3/c20-15(18-8-7-13-9-16-11-17-10-13)6-3-12-1-4-14(5-2-12)19(21)22/h1-6,9-11H,7-8H2,(H,18,20). The first kappa shape index (κ1) is 15.3. The monoisotopic (exact) mass is 298 g/mol. The predicted molar refractivity (Wildman–Crippen MR) is 80.9 cm³/mol. The van der Waals surface area contributed by atoms with E-state index < -0.39 is 4.92 Å². The van der Waals surface area contributed by atoms with Crippen molar-refractivity contribution in [3.05, 3.63) is 70.3 Å². The summed E-state index contributed by atoms with van der Waals surface area (Å²) in [5.74, 6) is -0.227. The predicted octanol–water partition coefficient (Wildman–Crippen LogP) is 1.76. The van der Waals surface area contributed by atoms with E-state index in [1.165, 1.54) is 24.5 Å². The zero-order valence-corrected chi connectivity index (χ0v) is 11.7.